The minimum Gasteiger partial charge on any atom is -0.329 e. The Morgan fingerprint density at radius 2 is 1.90 bits per heavy atom. The topological polar surface area (TPSA) is 29.3 Å². The lowest BCUT2D eigenvalue weighted by Crippen LogP contribution is -2.50. The molecule has 21 heavy (non-hydrogen) atoms. The van der Waals surface area contributed by atoms with Crippen LogP contribution in [0.4, 0.5) is 0 Å². The third-order valence-electron chi connectivity index (χ3n) is 5.25. The number of hydrogen-bond donors (Lipinski definition) is 1. The summed E-state index contributed by atoms with van der Waals surface area (Å²) in [5.41, 5.74) is 7.23. The van der Waals surface area contributed by atoms with Crippen molar-refractivity contribution in [3.63, 3.8) is 0 Å². The summed E-state index contributed by atoms with van der Waals surface area (Å²) in [5, 5.41) is 1.30. The Morgan fingerprint density at radius 1 is 1.14 bits per heavy atom. The Bertz CT molecular complexity index is 490. The second kappa shape index (κ2) is 6.87. The highest BCUT2D eigenvalue weighted by Crippen LogP contribution is 2.41. The van der Waals surface area contributed by atoms with Crippen molar-refractivity contribution in [3.8, 4) is 0 Å². The van der Waals surface area contributed by atoms with Gasteiger partial charge in [-0.2, -0.15) is 0 Å². The monoisotopic (exact) mass is 326 g/mol. The lowest BCUT2D eigenvalue weighted by atomic mass is 9.77. The number of likely N-dealkylation sites (tertiary alicyclic amines) is 1. The van der Waals surface area contributed by atoms with Gasteiger partial charge in [-0.3, -0.25) is 4.90 Å². The highest BCUT2D eigenvalue weighted by molar-refractivity contribution is 6.42. The fourth-order valence-corrected chi connectivity index (χ4v) is 4.70. The average Bonchev–Trinajstić information content (AvgIpc) is 2.52. The predicted octanol–water partition coefficient (Wildman–Crippen LogP) is 4.65. The Labute approximate surface area is 137 Å². The van der Waals surface area contributed by atoms with Gasteiger partial charge in [-0.1, -0.05) is 48.2 Å². The average molecular weight is 327 g/mol. The molecule has 2 aliphatic rings. The van der Waals surface area contributed by atoms with Crippen molar-refractivity contribution in [1.82, 2.24) is 4.90 Å². The van der Waals surface area contributed by atoms with Crippen molar-refractivity contribution in [2.24, 2.45) is 11.7 Å². The molecule has 2 N–H and O–H groups in total. The van der Waals surface area contributed by atoms with Gasteiger partial charge in [-0.25, -0.2) is 0 Å². The van der Waals surface area contributed by atoms with Crippen LogP contribution in [0.5, 0.6) is 0 Å². The first kappa shape index (κ1) is 15.6. The number of piperidine rings is 1. The predicted molar refractivity (Wildman–Crippen MR) is 89.9 cm³/mol. The second-order valence-electron chi connectivity index (χ2n) is 6.39. The van der Waals surface area contributed by atoms with E-state index in [1.165, 1.54) is 38.5 Å². The van der Waals surface area contributed by atoms with Crippen LogP contribution in [0.2, 0.25) is 10.0 Å². The zero-order chi connectivity index (χ0) is 14.8. The summed E-state index contributed by atoms with van der Waals surface area (Å²) in [6, 6.07) is 6.78. The Hall–Kier alpha value is -0.280. The van der Waals surface area contributed by atoms with Gasteiger partial charge < -0.3 is 5.73 Å². The molecule has 2 fully saturated rings. The first-order valence-corrected chi connectivity index (χ1v) is 8.87. The fraction of sp³-hybridized carbons (Fsp3) is 0.647. The molecule has 0 spiro atoms. The Balaban J connectivity index is 1.89. The van der Waals surface area contributed by atoms with E-state index in [2.05, 4.69) is 11.0 Å². The maximum absolute atomic E-state index is 6.45. The molecule has 0 bridgehead atoms. The van der Waals surface area contributed by atoms with Gasteiger partial charge >= 0.3 is 0 Å². The van der Waals surface area contributed by atoms with Crippen LogP contribution in [0, 0.1) is 5.92 Å². The quantitative estimate of drug-likeness (QED) is 0.876. The molecular formula is C17H24Cl2N2. The third-order valence-corrected chi connectivity index (χ3v) is 6.08. The van der Waals surface area contributed by atoms with Gasteiger partial charge in [0, 0.05) is 18.6 Å². The van der Waals surface area contributed by atoms with E-state index in [9.17, 15) is 0 Å². The Morgan fingerprint density at radius 3 is 2.71 bits per heavy atom. The van der Waals surface area contributed by atoms with Crippen LogP contribution in [0.1, 0.15) is 50.1 Å². The molecule has 0 amide bonds. The molecule has 0 radical (unpaired) electrons. The SMILES string of the molecule is NCC(c1cccc(Cl)c1Cl)N1CCCC2CCCCC21. The van der Waals surface area contributed by atoms with Gasteiger partial charge in [-0.15, -0.1) is 0 Å². The van der Waals surface area contributed by atoms with Gasteiger partial charge in [0.1, 0.15) is 0 Å². The molecule has 0 aromatic heterocycles. The fourth-order valence-electron chi connectivity index (χ4n) is 4.27. The standard InChI is InChI=1S/C17H24Cl2N2/c18-14-8-3-7-13(17(14)19)16(11-20)21-10-4-6-12-5-1-2-9-15(12)21/h3,7-8,12,15-16H,1-2,4-6,9-11,20H2. The van der Waals surface area contributed by atoms with Crippen LogP contribution >= 0.6 is 23.2 Å². The van der Waals surface area contributed by atoms with Crippen molar-refractivity contribution in [2.75, 3.05) is 13.1 Å². The van der Waals surface area contributed by atoms with E-state index in [1.54, 1.807) is 0 Å². The molecule has 3 atom stereocenters. The first-order chi connectivity index (χ1) is 10.2. The third kappa shape index (κ3) is 3.10. The van der Waals surface area contributed by atoms with Crippen LogP contribution < -0.4 is 5.73 Å². The molecule has 116 valence electrons. The summed E-state index contributed by atoms with van der Waals surface area (Å²) in [7, 11) is 0. The van der Waals surface area contributed by atoms with Crippen LogP contribution in [-0.2, 0) is 0 Å². The zero-order valence-corrected chi connectivity index (χ0v) is 13.9. The largest absolute Gasteiger partial charge is 0.329 e. The maximum atomic E-state index is 6.45. The summed E-state index contributed by atoms with van der Waals surface area (Å²) in [6.07, 6.45) is 8.07. The van der Waals surface area contributed by atoms with Gasteiger partial charge in [0.15, 0.2) is 0 Å². The Kier molecular flexibility index (Phi) is 5.11. The number of nitrogens with two attached hydrogens (primary N) is 1. The van der Waals surface area contributed by atoms with Gasteiger partial charge in [-0.05, 0) is 49.8 Å². The van der Waals surface area contributed by atoms with Crippen LogP contribution in [0.15, 0.2) is 18.2 Å². The van der Waals surface area contributed by atoms with E-state index >= 15 is 0 Å². The van der Waals surface area contributed by atoms with Crippen LogP contribution in [-0.4, -0.2) is 24.0 Å². The van der Waals surface area contributed by atoms with Crippen molar-refractivity contribution in [1.29, 1.82) is 0 Å². The van der Waals surface area contributed by atoms with Gasteiger partial charge in [0.2, 0.25) is 0 Å². The maximum Gasteiger partial charge on any atom is 0.0640 e. The molecule has 1 saturated carbocycles. The molecule has 1 aliphatic carbocycles. The molecule has 2 nitrogen and oxygen atoms in total. The smallest absolute Gasteiger partial charge is 0.0640 e. The summed E-state index contributed by atoms with van der Waals surface area (Å²) in [6.45, 7) is 1.73. The van der Waals surface area contributed by atoms with Crippen molar-refractivity contribution < 1.29 is 0 Å². The minimum atomic E-state index is 0.196. The number of benzene rings is 1. The van der Waals surface area contributed by atoms with Crippen molar-refractivity contribution >= 4 is 23.2 Å². The van der Waals surface area contributed by atoms with E-state index in [4.69, 9.17) is 28.9 Å². The first-order valence-electron chi connectivity index (χ1n) is 8.12. The minimum absolute atomic E-state index is 0.196. The summed E-state index contributed by atoms with van der Waals surface area (Å²) in [5.74, 6) is 0.847. The number of rotatable bonds is 3. The van der Waals surface area contributed by atoms with Crippen LogP contribution in [0.3, 0.4) is 0 Å². The molecule has 1 saturated heterocycles. The highest BCUT2D eigenvalue weighted by Gasteiger charge is 2.37. The lowest BCUT2D eigenvalue weighted by Gasteiger charge is -2.47. The van der Waals surface area contributed by atoms with Crippen molar-refractivity contribution in [3.05, 3.63) is 33.8 Å². The number of halogens is 2. The summed E-state index contributed by atoms with van der Waals surface area (Å²) in [4.78, 5) is 2.62. The number of hydrogen-bond acceptors (Lipinski definition) is 2. The number of fused-ring (bicyclic) bond motifs is 1. The second-order valence-corrected chi connectivity index (χ2v) is 7.17. The molecule has 1 heterocycles. The molecule has 3 rings (SSSR count). The molecule has 1 aromatic rings. The van der Waals surface area contributed by atoms with E-state index in [-0.39, 0.29) is 6.04 Å². The van der Waals surface area contributed by atoms with Crippen LogP contribution in [0.25, 0.3) is 0 Å². The molecule has 1 aromatic carbocycles. The summed E-state index contributed by atoms with van der Waals surface area (Å²) >= 11 is 12.6. The summed E-state index contributed by atoms with van der Waals surface area (Å²) < 4.78 is 0. The van der Waals surface area contributed by atoms with Gasteiger partial charge in [0.25, 0.3) is 0 Å². The van der Waals surface area contributed by atoms with Gasteiger partial charge in [0.05, 0.1) is 10.0 Å². The molecule has 3 unspecified atom stereocenters. The molecule has 1 aliphatic heterocycles. The normalized spacial score (nSPS) is 28.1. The highest BCUT2D eigenvalue weighted by atomic mass is 35.5. The van der Waals surface area contributed by atoms with E-state index < -0.39 is 0 Å². The van der Waals surface area contributed by atoms with E-state index in [1.807, 2.05) is 12.1 Å². The molecule has 4 heteroatoms. The van der Waals surface area contributed by atoms with Crippen molar-refractivity contribution in [2.45, 2.75) is 50.6 Å². The van der Waals surface area contributed by atoms with E-state index in [0.29, 0.717) is 22.6 Å². The number of nitrogens with zero attached hydrogens (tertiary/aromatic N) is 1. The van der Waals surface area contributed by atoms with E-state index in [0.717, 1.165) is 18.0 Å². The molecular weight excluding hydrogens is 303 g/mol. The zero-order valence-electron chi connectivity index (χ0n) is 12.4. The lowest BCUT2D eigenvalue weighted by molar-refractivity contribution is 0.0276.